The Labute approximate surface area is 107 Å². The summed E-state index contributed by atoms with van der Waals surface area (Å²) >= 11 is 5.91. The number of halogens is 1. The van der Waals surface area contributed by atoms with E-state index >= 15 is 0 Å². The van der Waals surface area contributed by atoms with E-state index in [1.54, 1.807) is 0 Å². The van der Waals surface area contributed by atoms with Crippen LogP contribution in [0.3, 0.4) is 0 Å². The molecule has 0 aliphatic carbocycles. The van der Waals surface area contributed by atoms with Gasteiger partial charge in [-0.25, -0.2) is 5.84 Å². The van der Waals surface area contributed by atoms with Gasteiger partial charge in [-0.1, -0.05) is 18.5 Å². The molecule has 0 radical (unpaired) electrons. The molecule has 0 saturated carbocycles. The second kappa shape index (κ2) is 7.53. The van der Waals surface area contributed by atoms with Gasteiger partial charge in [-0.05, 0) is 25.2 Å². The van der Waals surface area contributed by atoms with Crippen molar-refractivity contribution in [3.63, 3.8) is 0 Å². The molecule has 0 unspecified atom stereocenters. The summed E-state index contributed by atoms with van der Waals surface area (Å²) in [6, 6.07) is 0. The van der Waals surface area contributed by atoms with Crippen molar-refractivity contribution in [3.8, 4) is 0 Å². The van der Waals surface area contributed by atoms with Crippen LogP contribution in [-0.2, 0) is 9.53 Å². The number of allylic oxidation sites excluding steroid dienone is 1. The van der Waals surface area contributed by atoms with Gasteiger partial charge in [0.05, 0.1) is 6.61 Å². The van der Waals surface area contributed by atoms with Crippen molar-refractivity contribution in [2.75, 3.05) is 19.8 Å². The number of ether oxygens (including phenoxy) is 1. The molecule has 0 aromatic heterocycles. The summed E-state index contributed by atoms with van der Waals surface area (Å²) in [5, 5.41) is 3.34. The zero-order valence-electron chi connectivity index (χ0n) is 10.1. The summed E-state index contributed by atoms with van der Waals surface area (Å²) in [4.78, 5) is 11.3. The summed E-state index contributed by atoms with van der Waals surface area (Å²) in [6.07, 6.45) is 2.90. The highest BCUT2D eigenvalue weighted by atomic mass is 35.5. The van der Waals surface area contributed by atoms with Crippen LogP contribution in [-0.4, -0.2) is 25.7 Å². The minimum atomic E-state index is -0.462. The highest BCUT2D eigenvalue weighted by molar-refractivity contribution is 6.42. The normalized spacial score (nSPS) is 21.7. The van der Waals surface area contributed by atoms with Crippen molar-refractivity contribution in [1.29, 1.82) is 0 Å². The Morgan fingerprint density at radius 3 is 2.88 bits per heavy atom. The molecule has 1 saturated heterocycles. The van der Waals surface area contributed by atoms with E-state index in [2.05, 4.69) is 5.32 Å². The second-order valence-electron chi connectivity index (χ2n) is 4.08. The number of nitrogens with one attached hydrogen (secondary N) is 2. The molecule has 0 bridgehead atoms. The molecule has 1 amide bonds. The van der Waals surface area contributed by atoms with Crippen LogP contribution in [0, 0.1) is 5.92 Å². The quantitative estimate of drug-likeness (QED) is 0.297. The molecule has 0 spiro atoms. The molecule has 1 atom stereocenters. The summed E-state index contributed by atoms with van der Waals surface area (Å²) in [5.74, 6) is 5.06. The third-order valence-corrected chi connectivity index (χ3v) is 3.21. The summed E-state index contributed by atoms with van der Waals surface area (Å²) in [5.41, 5.74) is 2.75. The van der Waals surface area contributed by atoms with Gasteiger partial charge >= 0.3 is 0 Å². The lowest BCUT2D eigenvalue weighted by molar-refractivity contribution is -0.117. The number of hydrogen-bond acceptors (Lipinski definition) is 4. The average Bonchev–Trinajstić information content (AvgIpc) is 2.39. The minimum absolute atomic E-state index is 0.131. The van der Waals surface area contributed by atoms with E-state index in [1.807, 2.05) is 12.3 Å². The number of rotatable bonds is 5. The van der Waals surface area contributed by atoms with E-state index in [1.165, 1.54) is 0 Å². The number of amides is 1. The topological polar surface area (TPSA) is 76.4 Å². The van der Waals surface area contributed by atoms with Crippen LogP contribution in [0.2, 0.25) is 0 Å². The Kier molecular flexibility index (Phi) is 6.32. The van der Waals surface area contributed by atoms with Crippen molar-refractivity contribution in [1.82, 2.24) is 10.7 Å². The van der Waals surface area contributed by atoms with E-state index < -0.39 is 5.91 Å². The fraction of sp³-hybridized carbons (Fsp3) is 0.727. The van der Waals surface area contributed by atoms with Gasteiger partial charge in [0.25, 0.3) is 5.91 Å². The zero-order chi connectivity index (χ0) is 12.7. The third-order valence-electron chi connectivity index (χ3n) is 2.81. The van der Waals surface area contributed by atoms with Crippen LogP contribution in [0.5, 0.6) is 0 Å². The predicted molar refractivity (Wildman–Crippen MR) is 67.0 cm³/mol. The van der Waals surface area contributed by atoms with Crippen LogP contribution in [0.15, 0.2) is 10.7 Å². The molecule has 1 fully saturated rings. The molecule has 1 aliphatic heterocycles. The molecule has 5 nitrogen and oxygen atoms in total. The molecule has 1 aliphatic rings. The Morgan fingerprint density at radius 2 is 2.35 bits per heavy atom. The largest absolute Gasteiger partial charge is 0.387 e. The number of carbonyl (C=O) groups excluding carboxylic acids is 1. The standard InChI is InChI=1S/C11H20ClN3O2/c1-2-9(10(12)11(16)15-13)14-6-8-4-3-5-17-7-8/h8,14H,2-7,13H2,1H3,(H,15,16)/b10-9-/t8-/m1/s1. The lowest BCUT2D eigenvalue weighted by atomic mass is 10.0. The molecule has 17 heavy (non-hydrogen) atoms. The highest BCUT2D eigenvalue weighted by Crippen LogP contribution is 2.15. The maximum absolute atomic E-state index is 11.3. The van der Waals surface area contributed by atoms with Crippen LogP contribution in [0.4, 0.5) is 0 Å². The lowest BCUT2D eigenvalue weighted by Gasteiger charge is -2.23. The number of carbonyl (C=O) groups is 1. The van der Waals surface area contributed by atoms with Crippen LogP contribution >= 0.6 is 11.6 Å². The molecule has 4 N–H and O–H groups in total. The van der Waals surface area contributed by atoms with Crippen molar-refractivity contribution < 1.29 is 9.53 Å². The van der Waals surface area contributed by atoms with Crippen molar-refractivity contribution in [3.05, 3.63) is 10.7 Å². The Morgan fingerprint density at radius 1 is 1.59 bits per heavy atom. The lowest BCUT2D eigenvalue weighted by Crippen LogP contribution is -2.33. The molecule has 1 heterocycles. The number of hydrogen-bond donors (Lipinski definition) is 3. The van der Waals surface area contributed by atoms with Gasteiger partial charge < -0.3 is 10.1 Å². The molecular formula is C11H20ClN3O2. The third kappa shape index (κ3) is 4.53. The molecule has 98 valence electrons. The SMILES string of the molecule is CC/C(NC[C@H]1CCCOC1)=C(/Cl)C(=O)NN. The van der Waals surface area contributed by atoms with E-state index in [-0.39, 0.29) is 5.03 Å². The van der Waals surface area contributed by atoms with Gasteiger partial charge in [0.15, 0.2) is 0 Å². The smallest absolute Gasteiger partial charge is 0.278 e. The fourth-order valence-electron chi connectivity index (χ4n) is 1.79. The Balaban J connectivity index is 2.48. The van der Waals surface area contributed by atoms with Gasteiger partial charge in [0, 0.05) is 18.8 Å². The molecule has 1 rings (SSSR count). The van der Waals surface area contributed by atoms with Gasteiger partial charge in [-0.3, -0.25) is 10.2 Å². The van der Waals surface area contributed by atoms with Crippen molar-refractivity contribution >= 4 is 17.5 Å². The van der Waals surface area contributed by atoms with Crippen molar-refractivity contribution in [2.45, 2.75) is 26.2 Å². The second-order valence-corrected chi connectivity index (χ2v) is 4.46. The minimum Gasteiger partial charge on any atom is -0.387 e. The monoisotopic (exact) mass is 261 g/mol. The predicted octanol–water partition coefficient (Wildman–Crippen LogP) is 0.853. The van der Waals surface area contributed by atoms with E-state index in [0.29, 0.717) is 12.3 Å². The van der Waals surface area contributed by atoms with Crippen LogP contribution in [0.25, 0.3) is 0 Å². The first-order valence-corrected chi connectivity index (χ1v) is 6.28. The number of hydrazine groups is 1. The molecule has 0 aromatic carbocycles. The first-order valence-electron chi connectivity index (χ1n) is 5.90. The average molecular weight is 262 g/mol. The van der Waals surface area contributed by atoms with Gasteiger partial charge in [0.2, 0.25) is 0 Å². The zero-order valence-corrected chi connectivity index (χ0v) is 10.8. The van der Waals surface area contributed by atoms with Gasteiger partial charge in [-0.2, -0.15) is 0 Å². The first-order chi connectivity index (χ1) is 8.19. The van der Waals surface area contributed by atoms with E-state index in [0.717, 1.165) is 38.3 Å². The van der Waals surface area contributed by atoms with E-state index in [9.17, 15) is 4.79 Å². The Bertz CT molecular complexity index is 288. The van der Waals surface area contributed by atoms with Gasteiger partial charge in [0.1, 0.15) is 5.03 Å². The highest BCUT2D eigenvalue weighted by Gasteiger charge is 2.16. The summed E-state index contributed by atoms with van der Waals surface area (Å²) in [7, 11) is 0. The van der Waals surface area contributed by atoms with Crippen LogP contribution in [0.1, 0.15) is 26.2 Å². The maximum atomic E-state index is 11.3. The van der Waals surface area contributed by atoms with Crippen molar-refractivity contribution in [2.24, 2.45) is 11.8 Å². The van der Waals surface area contributed by atoms with Crippen LogP contribution < -0.4 is 16.6 Å². The number of nitrogens with two attached hydrogens (primary N) is 1. The summed E-state index contributed by atoms with van der Waals surface area (Å²) in [6.45, 7) is 4.33. The summed E-state index contributed by atoms with van der Waals surface area (Å²) < 4.78 is 5.39. The maximum Gasteiger partial charge on any atom is 0.278 e. The Hall–Kier alpha value is -0.780. The van der Waals surface area contributed by atoms with E-state index in [4.69, 9.17) is 22.2 Å². The van der Waals surface area contributed by atoms with Gasteiger partial charge in [-0.15, -0.1) is 0 Å². The molecule has 6 heteroatoms. The fourth-order valence-corrected chi connectivity index (χ4v) is 2.05. The molecular weight excluding hydrogens is 242 g/mol. The molecule has 0 aromatic rings. The first kappa shape index (κ1) is 14.3.